The van der Waals surface area contributed by atoms with Gasteiger partial charge in [0.05, 0.1) is 23.7 Å². The van der Waals surface area contributed by atoms with Crippen molar-refractivity contribution >= 4 is 27.5 Å². The van der Waals surface area contributed by atoms with E-state index in [2.05, 4.69) is 15.9 Å². The highest BCUT2D eigenvalue weighted by atomic mass is 79.9. The highest BCUT2D eigenvalue weighted by Crippen LogP contribution is 2.24. The van der Waals surface area contributed by atoms with Crippen molar-refractivity contribution in [3.63, 3.8) is 0 Å². The third-order valence-corrected chi connectivity index (χ3v) is 3.34. The van der Waals surface area contributed by atoms with Crippen LogP contribution in [0, 0.1) is 23.1 Å². The van der Waals surface area contributed by atoms with Crippen molar-refractivity contribution in [2.24, 2.45) is 5.92 Å². The molecule has 0 aliphatic rings. The minimum Gasteiger partial charge on any atom is -0.396 e. The Labute approximate surface area is 126 Å². The van der Waals surface area contributed by atoms with Crippen LogP contribution in [0.4, 0.5) is 10.1 Å². The van der Waals surface area contributed by atoms with E-state index in [-0.39, 0.29) is 23.9 Å². The molecule has 0 spiro atoms. The second-order valence-electron chi connectivity index (χ2n) is 4.91. The summed E-state index contributed by atoms with van der Waals surface area (Å²) in [5, 5.41) is 8.67. The van der Waals surface area contributed by atoms with Crippen LogP contribution in [0.3, 0.4) is 0 Å². The number of carbonyl (C=O) groups excluding carboxylic acids is 1. The van der Waals surface area contributed by atoms with E-state index in [1.165, 1.54) is 12.1 Å². The lowest BCUT2D eigenvalue weighted by Crippen LogP contribution is -2.35. The molecule has 1 aromatic rings. The van der Waals surface area contributed by atoms with Gasteiger partial charge in [0, 0.05) is 17.6 Å². The van der Waals surface area contributed by atoms with E-state index in [9.17, 15) is 9.18 Å². The minimum atomic E-state index is -0.569. The zero-order chi connectivity index (χ0) is 15.3. The van der Waals surface area contributed by atoms with Crippen LogP contribution in [-0.2, 0) is 0 Å². The molecule has 0 saturated heterocycles. The first-order valence-electron chi connectivity index (χ1n) is 6.27. The van der Waals surface area contributed by atoms with Gasteiger partial charge >= 0.3 is 0 Å². The highest BCUT2D eigenvalue weighted by Gasteiger charge is 2.20. The van der Waals surface area contributed by atoms with Gasteiger partial charge in [-0.15, -0.1) is 0 Å². The predicted octanol–water partition coefficient (Wildman–Crippen LogP) is 3.18. The van der Waals surface area contributed by atoms with Gasteiger partial charge < -0.3 is 10.6 Å². The lowest BCUT2D eigenvalue weighted by molar-refractivity contribution is 0.0739. The Kier molecular flexibility index (Phi) is 5.96. The number of hydrogen-bond donors (Lipinski definition) is 1. The number of nitriles is 1. The van der Waals surface area contributed by atoms with Gasteiger partial charge in [-0.05, 0) is 34.0 Å². The van der Waals surface area contributed by atoms with Crippen molar-refractivity contribution < 1.29 is 9.18 Å². The molecule has 6 heteroatoms. The van der Waals surface area contributed by atoms with Gasteiger partial charge in [-0.2, -0.15) is 5.26 Å². The van der Waals surface area contributed by atoms with E-state index in [0.717, 1.165) is 0 Å². The number of benzene rings is 1. The Hall–Kier alpha value is -1.61. The topological polar surface area (TPSA) is 70.1 Å². The van der Waals surface area contributed by atoms with Crippen LogP contribution in [0.15, 0.2) is 16.6 Å². The van der Waals surface area contributed by atoms with Crippen LogP contribution in [0.25, 0.3) is 0 Å². The summed E-state index contributed by atoms with van der Waals surface area (Å²) in [6.45, 7) is 4.85. The molecule has 0 bridgehead atoms. The Morgan fingerprint density at radius 2 is 2.20 bits per heavy atom. The van der Waals surface area contributed by atoms with Crippen LogP contribution in [-0.4, -0.2) is 23.9 Å². The van der Waals surface area contributed by atoms with Gasteiger partial charge in [0.1, 0.15) is 5.82 Å². The van der Waals surface area contributed by atoms with Crippen LogP contribution >= 0.6 is 15.9 Å². The van der Waals surface area contributed by atoms with E-state index in [0.29, 0.717) is 23.1 Å². The molecule has 1 amide bonds. The predicted molar refractivity (Wildman–Crippen MR) is 79.5 cm³/mol. The molecule has 0 atom stereocenters. The van der Waals surface area contributed by atoms with Crippen molar-refractivity contribution in [2.45, 2.75) is 20.3 Å². The largest absolute Gasteiger partial charge is 0.396 e. The Morgan fingerprint density at radius 3 is 2.75 bits per heavy atom. The molecule has 0 aliphatic carbocycles. The van der Waals surface area contributed by atoms with E-state index in [1.54, 1.807) is 4.90 Å². The Morgan fingerprint density at radius 1 is 1.55 bits per heavy atom. The summed E-state index contributed by atoms with van der Waals surface area (Å²) in [6.07, 6.45) is 0.257. The first-order chi connectivity index (χ1) is 9.36. The molecule has 1 aromatic carbocycles. The molecule has 0 saturated carbocycles. The monoisotopic (exact) mass is 341 g/mol. The number of nitrogens with two attached hydrogens (primary N) is 1. The molecule has 0 fully saturated rings. The quantitative estimate of drug-likeness (QED) is 0.836. The fourth-order valence-corrected chi connectivity index (χ4v) is 2.29. The summed E-state index contributed by atoms with van der Waals surface area (Å²) < 4.78 is 13.7. The van der Waals surface area contributed by atoms with Gasteiger partial charge in [0.15, 0.2) is 0 Å². The molecule has 0 heterocycles. The molecule has 0 unspecified atom stereocenters. The zero-order valence-corrected chi connectivity index (χ0v) is 13.1. The normalized spacial score (nSPS) is 10.4. The zero-order valence-electron chi connectivity index (χ0n) is 11.5. The average molecular weight is 342 g/mol. The van der Waals surface area contributed by atoms with Gasteiger partial charge in [0.2, 0.25) is 0 Å². The lowest BCUT2D eigenvalue weighted by Gasteiger charge is -2.24. The third kappa shape index (κ3) is 4.20. The summed E-state index contributed by atoms with van der Waals surface area (Å²) in [5.41, 5.74) is 5.75. The van der Waals surface area contributed by atoms with Gasteiger partial charge in [-0.3, -0.25) is 4.79 Å². The molecular formula is C14H17BrFN3O. The SMILES string of the molecule is CC(C)CN(CCC#N)C(=O)c1cc(N)c(F)cc1Br. The molecule has 0 aromatic heterocycles. The number of carbonyl (C=O) groups is 1. The first kappa shape index (κ1) is 16.4. The second-order valence-corrected chi connectivity index (χ2v) is 5.76. The van der Waals surface area contributed by atoms with E-state index in [1.807, 2.05) is 19.9 Å². The van der Waals surface area contributed by atoms with E-state index < -0.39 is 5.82 Å². The maximum Gasteiger partial charge on any atom is 0.255 e. The van der Waals surface area contributed by atoms with Crippen molar-refractivity contribution in [1.82, 2.24) is 4.90 Å². The number of rotatable bonds is 5. The number of nitrogen functional groups attached to an aromatic ring is 1. The molecule has 20 heavy (non-hydrogen) atoms. The highest BCUT2D eigenvalue weighted by molar-refractivity contribution is 9.10. The van der Waals surface area contributed by atoms with E-state index in [4.69, 9.17) is 11.0 Å². The van der Waals surface area contributed by atoms with Crippen LogP contribution < -0.4 is 5.73 Å². The molecule has 2 N–H and O–H groups in total. The Bertz CT molecular complexity index is 540. The summed E-state index contributed by atoms with van der Waals surface area (Å²) >= 11 is 3.18. The summed E-state index contributed by atoms with van der Waals surface area (Å²) in [4.78, 5) is 14.1. The number of halogens is 2. The molecule has 0 radical (unpaired) electrons. The lowest BCUT2D eigenvalue weighted by atomic mass is 10.1. The number of nitrogens with zero attached hydrogens (tertiary/aromatic N) is 2. The number of anilines is 1. The average Bonchev–Trinajstić information content (AvgIpc) is 2.37. The van der Waals surface area contributed by atoms with Gasteiger partial charge in [0.25, 0.3) is 5.91 Å². The van der Waals surface area contributed by atoms with Gasteiger partial charge in [-0.25, -0.2) is 4.39 Å². The first-order valence-corrected chi connectivity index (χ1v) is 7.06. The Balaban J connectivity index is 3.05. The standard InChI is InChI=1S/C14H17BrFN3O/c1-9(2)8-19(5-3-4-17)14(20)10-6-13(18)12(16)7-11(10)15/h6-7,9H,3,5,8,18H2,1-2H3. The minimum absolute atomic E-state index is 0.0682. The second kappa shape index (κ2) is 7.25. The third-order valence-electron chi connectivity index (χ3n) is 2.68. The maximum atomic E-state index is 13.3. The molecular weight excluding hydrogens is 325 g/mol. The van der Waals surface area contributed by atoms with Crippen LogP contribution in [0.1, 0.15) is 30.6 Å². The maximum absolute atomic E-state index is 13.3. The van der Waals surface area contributed by atoms with Crippen molar-refractivity contribution in [3.8, 4) is 6.07 Å². The summed E-state index contributed by atoms with van der Waals surface area (Å²) in [5.74, 6) is -0.553. The molecule has 1 rings (SSSR count). The smallest absolute Gasteiger partial charge is 0.255 e. The molecule has 108 valence electrons. The van der Waals surface area contributed by atoms with Crippen LogP contribution in [0.2, 0.25) is 0 Å². The van der Waals surface area contributed by atoms with Crippen molar-refractivity contribution in [1.29, 1.82) is 5.26 Å². The fraction of sp³-hybridized carbons (Fsp3) is 0.429. The van der Waals surface area contributed by atoms with Crippen molar-refractivity contribution in [3.05, 3.63) is 28.0 Å². The van der Waals surface area contributed by atoms with E-state index >= 15 is 0 Å². The van der Waals surface area contributed by atoms with Crippen molar-refractivity contribution in [2.75, 3.05) is 18.8 Å². The molecule has 4 nitrogen and oxygen atoms in total. The number of amides is 1. The fourth-order valence-electron chi connectivity index (χ4n) is 1.80. The van der Waals surface area contributed by atoms with Gasteiger partial charge in [-0.1, -0.05) is 13.8 Å². The molecule has 0 aliphatic heterocycles. The summed E-state index contributed by atoms with van der Waals surface area (Å²) in [6, 6.07) is 4.52. The van der Waals surface area contributed by atoms with Crippen LogP contribution in [0.5, 0.6) is 0 Å². The number of hydrogen-bond acceptors (Lipinski definition) is 3. The summed E-state index contributed by atoms with van der Waals surface area (Å²) in [7, 11) is 0.